The number of hydrazone groups is 1. The van der Waals surface area contributed by atoms with Crippen LogP contribution in [0, 0.1) is 3.57 Å². The molecule has 0 bridgehead atoms. The number of nitrogens with two attached hydrogens (primary N) is 1. The molecule has 6 nitrogen and oxygen atoms in total. The van der Waals surface area contributed by atoms with Crippen molar-refractivity contribution in [1.82, 2.24) is 10.2 Å². The summed E-state index contributed by atoms with van der Waals surface area (Å²) in [5.41, 5.74) is 3.75. The molecule has 16 heavy (non-hydrogen) atoms. The summed E-state index contributed by atoms with van der Waals surface area (Å²) in [4.78, 5) is 0. The minimum absolute atomic E-state index is 0.516. The fourth-order valence-electron chi connectivity index (χ4n) is 1.07. The highest BCUT2D eigenvalue weighted by molar-refractivity contribution is 14.1. The van der Waals surface area contributed by atoms with Gasteiger partial charge in [-0.05, 0) is 45.4 Å². The number of benzene rings is 1. The Morgan fingerprint density at radius 1 is 1.44 bits per heavy atom. The van der Waals surface area contributed by atoms with Crippen molar-refractivity contribution in [3.8, 4) is 0 Å². The number of aromatic nitrogens is 3. The van der Waals surface area contributed by atoms with Crippen molar-refractivity contribution in [2.75, 3.05) is 11.3 Å². The van der Waals surface area contributed by atoms with E-state index in [1.54, 1.807) is 6.21 Å². The van der Waals surface area contributed by atoms with Gasteiger partial charge in [0, 0.05) is 3.57 Å². The molecule has 0 saturated carbocycles. The lowest BCUT2D eigenvalue weighted by Crippen LogP contribution is -2.44. The maximum absolute atomic E-state index is 5.53. The van der Waals surface area contributed by atoms with E-state index in [4.69, 9.17) is 5.84 Å². The van der Waals surface area contributed by atoms with Gasteiger partial charge in [-0.25, -0.2) is 0 Å². The molecule has 1 heterocycles. The predicted octanol–water partition coefficient (Wildman–Crippen LogP) is 0.462. The SMILES string of the molecule is N[n+]1cn[nH]c1N/N=C/c1ccc(I)cc1. The van der Waals surface area contributed by atoms with Crippen molar-refractivity contribution in [1.29, 1.82) is 0 Å². The second kappa shape index (κ2) is 4.92. The zero-order valence-corrected chi connectivity index (χ0v) is 10.4. The molecule has 82 valence electrons. The Balaban J connectivity index is 2.00. The number of halogens is 1. The molecular formula is C9H10IN6+. The first-order valence-corrected chi connectivity index (χ1v) is 5.58. The van der Waals surface area contributed by atoms with Gasteiger partial charge in [-0.15, -0.1) is 14.9 Å². The Hall–Kier alpha value is -1.64. The molecule has 0 aliphatic heterocycles. The third-order valence-electron chi connectivity index (χ3n) is 1.86. The van der Waals surface area contributed by atoms with Crippen LogP contribution >= 0.6 is 22.6 Å². The molecule has 0 aliphatic rings. The Bertz CT molecular complexity index is 489. The quantitative estimate of drug-likeness (QED) is 0.252. The van der Waals surface area contributed by atoms with Gasteiger partial charge in [0.2, 0.25) is 0 Å². The molecule has 2 aromatic rings. The lowest BCUT2D eigenvalue weighted by Gasteiger charge is -1.93. The van der Waals surface area contributed by atoms with Gasteiger partial charge < -0.3 is 0 Å². The van der Waals surface area contributed by atoms with Crippen molar-refractivity contribution in [3.05, 3.63) is 39.7 Å². The summed E-state index contributed by atoms with van der Waals surface area (Å²) in [6, 6.07) is 8.00. The van der Waals surface area contributed by atoms with Gasteiger partial charge in [0.05, 0.1) is 6.21 Å². The average molecular weight is 329 g/mol. The number of hydrogen-bond acceptors (Lipinski definition) is 4. The minimum Gasteiger partial charge on any atom is -0.299 e. The Morgan fingerprint density at radius 2 is 2.19 bits per heavy atom. The summed E-state index contributed by atoms with van der Waals surface area (Å²) in [5, 5.41) is 10.4. The first-order valence-electron chi connectivity index (χ1n) is 4.50. The number of anilines is 1. The average Bonchev–Trinajstić information content (AvgIpc) is 2.68. The summed E-state index contributed by atoms with van der Waals surface area (Å²) in [7, 11) is 0. The number of rotatable bonds is 3. The van der Waals surface area contributed by atoms with E-state index in [9.17, 15) is 0 Å². The van der Waals surface area contributed by atoms with E-state index in [0.29, 0.717) is 5.95 Å². The predicted molar refractivity (Wildman–Crippen MR) is 69.3 cm³/mol. The minimum atomic E-state index is 0.516. The third kappa shape index (κ3) is 2.69. The maximum atomic E-state index is 5.53. The van der Waals surface area contributed by atoms with Gasteiger partial charge in [-0.1, -0.05) is 12.1 Å². The number of H-pyrrole nitrogens is 1. The van der Waals surface area contributed by atoms with Crippen molar-refractivity contribution in [3.63, 3.8) is 0 Å². The number of hydrogen-bond donors (Lipinski definition) is 3. The Morgan fingerprint density at radius 3 is 2.81 bits per heavy atom. The summed E-state index contributed by atoms with van der Waals surface area (Å²) in [6.07, 6.45) is 3.15. The van der Waals surface area contributed by atoms with Gasteiger partial charge in [0.1, 0.15) is 0 Å². The molecule has 0 atom stereocenters. The standard InChI is InChI=1S/C9H9IN6/c10-8-3-1-7(2-4-8)5-12-14-9-15-13-6-16(9)11/h1-6H,11H2,(H,14,15)/p+1/b12-5+. The molecule has 0 fully saturated rings. The van der Waals surface area contributed by atoms with E-state index in [0.717, 1.165) is 5.56 Å². The van der Waals surface area contributed by atoms with E-state index in [1.807, 2.05) is 24.3 Å². The summed E-state index contributed by atoms with van der Waals surface area (Å²) >= 11 is 2.25. The topological polar surface area (TPSA) is 83.0 Å². The molecule has 0 amide bonds. The smallest absolute Gasteiger partial charge is 0.299 e. The number of aromatic amines is 1. The van der Waals surface area contributed by atoms with Crippen LogP contribution in [-0.4, -0.2) is 16.4 Å². The van der Waals surface area contributed by atoms with Crippen LogP contribution in [-0.2, 0) is 0 Å². The van der Waals surface area contributed by atoms with Gasteiger partial charge in [-0.2, -0.15) is 5.43 Å². The van der Waals surface area contributed by atoms with Crippen molar-refractivity contribution < 1.29 is 4.68 Å². The number of nitrogens with one attached hydrogen (secondary N) is 2. The lowest BCUT2D eigenvalue weighted by molar-refractivity contribution is -0.624. The fourth-order valence-corrected chi connectivity index (χ4v) is 1.43. The molecule has 0 spiro atoms. The van der Waals surface area contributed by atoms with Crippen LogP contribution in [0.5, 0.6) is 0 Å². The van der Waals surface area contributed by atoms with Gasteiger partial charge in [0.25, 0.3) is 6.33 Å². The maximum Gasteiger partial charge on any atom is 0.386 e. The van der Waals surface area contributed by atoms with Crippen LogP contribution in [0.2, 0.25) is 0 Å². The largest absolute Gasteiger partial charge is 0.386 e. The third-order valence-corrected chi connectivity index (χ3v) is 2.58. The highest BCUT2D eigenvalue weighted by Gasteiger charge is 2.04. The van der Waals surface area contributed by atoms with Gasteiger partial charge in [-0.3, -0.25) is 5.84 Å². The highest BCUT2D eigenvalue weighted by Crippen LogP contribution is 2.04. The van der Waals surface area contributed by atoms with Crippen LogP contribution in [0.1, 0.15) is 5.56 Å². The van der Waals surface area contributed by atoms with Gasteiger partial charge in [0.15, 0.2) is 0 Å². The highest BCUT2D eigenvalue weighted by atomic mass is 127. The van der Waals surface area contributed by atoms with Crippen molar-refractivity contribution in [2.24, 2.45) is 5.10 Å². The molecular weight excluding hydrogens is 319 g/mol. The zero-order valence-electron chi connectivity index (χ0n) is 8.26. The molecule has 0 radical (unpaired) electrons. The van der Waals surface area contributed by atoms with Crippen molar-refractivity contribution in [2.45, 2.75) is 0 Å². The van der Waals surface area contributed by atoms with Crippen LogP contribution in [0.15, 0.2) is 35.7 Å². The molecule has 0 saturated heterocycles. The van der Waals surface area contributed by atoms with E-state index in [2.05, 4.69) is 43.3 Å². The fraction of sp³-hybridized carbons (Fsp3) is 0. The van der Waals surface area contributed by atoms with E-state index < -0.39 is 0 Å². The van der Waals surface area contributed by atoms with E-state index >= 15 is 0 Å². The normalized spacial score (nSPS) is 10.8. The Labute approximate surface area is 106 Å². The summed E-state index contributed by atoms with van der Waals surface area (Å²) in [6.45, 7) is 0. The number of nitrogen functional groups attached to an aromatic ring is 1. The molecule has 0 aliphatic carbocycles. The summed E-state index contributed by atoms with van der Waals surface area (Å²) < 4.78 is 2.50. The first kappa shape index (κ1) is 10.9. The molecule has 7 heteroatoms. The van der Waals surface area contributed by atoms with Crippen LogP contribution in [0.4, 0.5) is 5.95 Å². The Kier molecular flexibility index (Phi) is 3.34. The van der Waals surface area contributed by atoms with Gasteiger partial charge >= 0.3 is 5.95 Å². The van der Waals surface area contributed by atoms with Crippen LogP contribution in [0.25, 0.3) is 0 Å². The van der Waals surface area contributed by atoms with E-state index in [-0.39, 0.29) is 0 Å². The van der Waals surface area contributed by atoms with Crippen LogP contribution < -0.4 is 15.9 Å². The molecule has 4 N–H and O–H groups in total. The van der Waals surface area contributed by atoms with Crippen molar-refractivity contribution >= 4 is 34.8 Å². The molecule has 1 aromatic heterocycles. The monoisotopic (exact) mass is 329 g/mol. The first-order chi connectivity index (χ1) is 7.75. The lowest BCUT2D eigenvalue weighted by atomic mass is 10.2. The zero-order chi connectivity index (χ0) is 11.4. The molecule has 2 rings (SSSR count). The molecule has 0 unspecified atom stereocenters. The second-order valence-electron chi connectivity index (χ2n) is 3.03. The van der Waals surface area contributed by atoms with Crippen LogP contribution in [0.3, 0.4) is 0 Å². The molecule has 1 aromatic carbocycles. The summed E-state index contributed by atoms with van der Waals surface area (Å²) in [5.74, 6) is 6.04. The second-order valence-corrected chi connectivity index (χ2v) is 4.28. The van der Waals surface area contributed by atoms with E-state index in [1.165, 1.54) is 14.6 Å². The number of nitrogens with zero attached hydrogens (tertiary/aromatic N) is 3.